The molecule has 9 heteroatoms. The molecule has 0 unspecified atom stereocenters. The molecule has 0 spiro atoms. The van der Waals surface area contributed by atoms with Crippen molar-refractivity contribution in [3.8, 4) is 0 Å². The second-order valence-electron chi connectivity index (χ2n) is 6.89. The SMILES string of the molecule is CC(=O)c1cccc([C@]2(CS(=O)(=O)c3ccc(C(F)(F)F)cc3)CCC(=O)O2)c1. The van der Waals surface area contributed by atoms with E-state index in [2.05, 4.69) is 0 Å². The number of halogens is 3. The Morgan fingerprint density at radius 2 is 1.79 bits per heavy atom. The van der Waals surface area contributed by atoms with E-state index in [0.717, 1.165) is 12.1 Å². The first-order valence-corrected chi connectivity index (χ1v) is 10.3. The number of rotatable bonds is 5. The minimum Gasteiger partial charge on any atom is -0.453 e. The van der Waals surface area contributed by atoms with E-state index >= 15 is 0 Å². The third-order valence-corrected chi connectivity index (χ3v) is 6.64. The van der Waals surface area contributed by atoms with Crippen LogP contribution in [0.3, 0.4) is 0 Å². The van der Waals surface area contributed by atoms with E-state index in [4.69, 9.17) is 4.74 Å². The highest BCUT2D eigenvalue weighted by atomic mass is 32.2. The molecular weight excluding hydrogens is 409 g/mol. The molecule has 0 saturated carbocycles. The second-order valence-corrected chi connectivity index (χ2v) is 8.88. The van der Waals surface area contributed by atoms with Crippen LogP contribution in [0.5, 0.6) is 0 Å². The molecule has 0 bridgehead atoms. The van der Waals surface area contributed by atoms with Crippen molar-refractivity contribution in [2.24, 2.45) is 0 Å². The first kappa shape index (κ1) is 21.0. The van der Waals surface area contributed by atoms with Crippen molar-refractivity contribution in [2.45, 2.75) is 36.4 Å². The van der Waals surface area contributed by atoms with E-state index in [-0.39, 0.29) is 23.5 Å². The highest BCUT2D eigenvalue weighted by Crippen LogP contribution is 2.40. The summed E-state index contributed by atoms with van der Waals surface area (Å²) in [6.07, 6.45) is -4.52. The maximum atomic E-state index is 12.9. The molecular formula is C20H17F3O5S. The van der Waals surface area contributed by atoms with E-state index in [1.807, 2.05) is 0 Å². The lowest BCUT2D eigenvalue weighted by Gasteiger charge is -2.28. The monoisotopic (exact) mass is 426 g/mol. The number of Topliss-reactive ketones (excluding diaryl/α,β-unsaturated/α-hetero) is 1. The molecule has 0 N–H and O–H groups in total. The number of cyclic esters (lactones) is 1. The lowest BCUT2D eigenvalue weighted by atomic mass is 9.91. The molecule has 154 valence electrons. The van der Waals surface area contributed by atoms with Gasteiger partial charge in [-0.15, -0.1) is 0 Å². The molecule has 0 radical (unpaired) electrons. The normalized spacial score (nSPS) is 19.8. The molecule has 1 aliphatic heterocycles. The molecule has 3 rings (SSSR count). The molecule has 0 aromatic heterocycles. The van der Waals surface area contributed by atoms with Crippen molar-refractivity contribution >= 4 is 21.6 Å². The van der Waals surface area contributed by atoms with Gasteiger partial charge in [0.1, 0.15) is 0 Å². The van der Waals surface area contributed by atoms with E-state index in [1.54, 1.807) is 18.2 Å². The van der Waals surface area contributed by atoms with Crippen LogP contribution in [0.15, 0.2) is 53.4 Å². The maximum absolute atomic E-state index is 12.9. The highest BCUT2D eigenvalue weighted by molar-refractivity contribution is 7.91. The Balaban J connectivity index is 2.00. The summed E-state index contributed by atoms with van der Waals surface area (Å²) in [6, 6.07) is 9.30. The predicted octanol–water partition coefficient (Wildman–Crippen LogP) is 3.91. The largest absolute Gasteiger partial charge is 0.453 e. The molecule has 0 amide bonds. The number of carbonyl (C=O) groups is 2. The lowest BCUT2D eigenvalue weighted by Crippen LogP contribution is -2.34. The fourth-order valence-electron chi connectivity index (χ4n) is 3.28. The average molecular weight is 426 g/mol. The Hall–Kier alpha value is -2.68. The number of ether oxygens (including phenoxy) is 1. The molecule has 1 fully saturated rings. The number of sulfone groups is 1. The van der Waals surface area contributed by atoms with Crippen LogP contribution in [-0.2, 0) is 31.1 Å². The fourth-order valence-corrected chi connectivity index (χ4v) is 4.98. The first-order chi connectivity index (χ1) is 13.4. The topological polar surface area (TPSA) is 77.5 Å². The van der Waals surface area contributed by atoms with Gasteiger partial charge in [0.25, 0.3) is 0 Å². The molecule has 2 aromatic carbocycles. The van der Waals surface area contributed by atoms with Crippen LogP contribution in [0.25, 0.3) is 0 Å². The molecule has 1 aliphatic rings. The van der Waals surface area contributed by atoms with Crippen LogP contribution in [-0.4, -0.2) is 25.9 Å². The molecule has 0 aliphatic carbocycles. The van der Waals surface area contributed by atoms with Crippen LogP contribution >= 0.6 is 0 Å². The molecule has 2 aromatic rings. The standard InChI is InChI=1S/C20H17F3O5S/c1-13(24)14-3-2-4-16(11-14)19(10-9-18(25)28-19)12-29(26,27)17-7-5-15(6-8-17)20(21,22)23/h2-8,11H,9-10,12H2,1H3/t19-/m1/s1. The zero-order valence-corrected chi connectivity index (χ0v) is 16.1. The third-order valence-electron chi connectivity index (χ3n) is 4.80. The summed E-state index contributed by atoms with van der Waals surface area (Å²) < 4.78 is 69.4. The summed E-state index contributed by atoms with van der Waals surface area (Å²) in [5, 5.41) is 0. The van der Waals surface area contributed by atoms with Gasteiger partial charge in [-0.3, -0.25) is 9.59 Å². The molecule has 29 heavy (non-hydrogen) atoms. The number of carbonyl (C=O) groups excluding carboxylic acids is 2. The van der Waals surface area contributed by atoms with Gasteiger partial charge in [0, 0.05) is 18.4 Å². The van der Waals surface area contributed by atoms with Gasteiger partial charge in [0.2, 0.25) is 0 Å². The van der Waals surface area contributed by atoms with Crippen LogP contribution < -0.4 is 0 Å². The Kier molecular flexibility index (Phi) is 5.29. The Bertz CT molecular complexity index is 1060. The number of esters is 1. The van der Waals surface area contributed by atoms with Crippen molar-refractivity contribution < 1.29 is 35.9 Å². The van der Waals surface area contributed by atoms with Gasteiger partial charge < -0.3 is 4.74 Å². The van der Waals surface area contributed by atoms with Crippen LogP contribution in [0.1, 0.15) is 41.3 Å². The van der Waals surface area contributed by atoms with E-state index in [1.165, 1.54) is 13.0 Å². The third kappa shape index (κ3) is 4.34. The average Bonchev–Trinajstić information content (AvgIpc) is 3.02. The Morgan fingerprint density at radius 1 is 1.14 bits per heavy atom. The van der Waals surface area contributed by atoms with Crippen molar-refractivity contribution in [3.63, 3.8) is 0 Å². The number of alkyl halides is 3. The van der Waals surface area contributed by atoms with Gasteiger partial charge in [0.15, 0.2) is 21.2 Å². The van der Waals surface area contributed by atoms with E-state index < -0.39 is 38.9 Å². The van der Waals surface area contributed by atoms with Crippen molar-refractivity contribution in [2.75, 3.05) is 5.75 Å². The smallest absolute Gasteiger partial charge is 0.416 e. The molecule has 1 heterocycles. The minimum absolute atomic E-state index is 0.00711. The van der Waals surface area contributed by atoms with Gasteiger partial charge >= 0.3 is 12.1 Å². The minimum atomic E-state index is -4.59. The number of ketones is 1. The quantitative estimate of drug-likeness (QED) is 0.535. The summed E-state index contributed by atoms with van der Waals surface area (Å²) in [6.45, 7) is 1.35. The van der Waals surface area contributed by atoms with Crippen LogP contribution in [0.4, 0.5) is 13.2 Å². The van der Waals surface area contributed by atoms with Gasteiger partial charge in [-0.25, -0.2) is 8.42 Å². The fraction of sp³-hybridized carbons (Fsp3) is 0.300. The van der Waals surface area contributed by atoms with Crippen LogP contribution in [0, 0.1) is 0 Å². The summed E-state index contributed by atoms with van der Waals surface area (Å²) in [7, 11) is -4.10. The zero-order valence-electron chi connectivity index (χ0n) is 15.3. The number of hydrogen-bond donors (Lipinski definition) is 0. The zero-order chi connectivity index (χ0) is 21.4. The Morgan fingerprint density at radius 3 is 2.31 bits per heavy atom. The molecule has 1 saturated heterocycles. The van der Waals surface area contributed by atoms with Crippen molar-refractivity contribution in [1.29, 1.82) is 0 Å². The van der Waals surface area contributed by atoms with Gasteiger partial charge in [0.05, 0.1) is 16.2 Å². The Labute approximate surface area is 165 Å². The highest BCUT2D eigenvalue weighted by Gasteiger charge is 2.46. The van der Waals surface area contributed by atoms with Gasteiger partial charge in [-0.1, -0.05) is 18.2 Å². The lowest BCUT2D eigenvalue weighted by molar-refractivity contribution is -0.147. The summed E-state index contributed by atoms with van der Waals surface area (Å²) in [5.74, 6) is -1.46. The summed E-state index contributed by atoms with van der Waals surface area (Å²) in [5.41, 5.74) is -1.79. The summed E-state index contributed by atoms with van der Waals surface area (Å²) in [4.78, 5) is 23.2. The van der Waals surface area contributed by atoms with Gasteiger partial charge in [-0.2, -0.15) is 13.2 Å². The number of hydrogen-bond acceptors (Lipinski definition) is 5. The predicted molar refractivity (Wildman–Crippen MR) is 96.9 cm³/mol. The molecule has 1 atom stereocenters. The van der Waals surface area contributed by atoms with Crippen LogP contribution in [0.2, 0.25) is 0 Å². The number of benzene rings is 2. The van der Waals surface area contributed by atoms with E-state index in [0.29, 0.717) is 23.3 Å². The summed E-state index contributed by atoms with van der Waals surface area (Å²) >= 11 is 0. The van der Waals surface area contributed by atoms with Crippen molar-refractivity contribution in [1.82, 2.24) is 0 Å². The second kappa shape index (κ2) is 7.29. The first-order valence-electron chi connectivity index (χ1n) is 8.66. The van der Waals surface area contributed by atoms with Crippen molar-refractivity contribution in [3.05, 3.63) is 65.2 Å². The maximum Gasteiger partial charge on any atom is 0.416 e. The van der Waals surface area contributed by atoms with Gasteiger partial charge in [-0.05, 0) is 42.8 Å². The van der Waals surface area contributed by atoms with E-state index in [9.17, 15) is 31.2 Å². The molecule has 5 nitrogen and oxygen atoms in total.